The molecule has 0 N–H and O–H groups in total. The van der Waals surface area contributed by atoms with E-state index >= 15 is 0 Å². The van der Waals surface area contributed by atoms with Crippen LogP contribution >= 0.6 is 23.2 Å². The molecule has 0 radical (unpaired) electrons. The molecule has 0 unspecified atom stereocenters. The smallest absolute Gasteiger partial charge is 0.273 e. The van der Waals surface area contributed by atoms with E-state index in [1.54, 1.807) is 0 Å². The van der Waals surface area contributed by atoms with Crippen LogP contribution in [-0.4, -0.2) is 40.1 Å². The maximum absolute atomic E-state index is 13.4. The third-order valence-electron chi connectivity index (χ3n) is 5.95. The quantitative estimate of drug-likeness (QED) is 0.351. The molecule has 2 aliphatic rings. The number of halogens is 3. The molecule has 2 aromatic rings. The summed E-state index contributed by atoms with van der Waals surface area (Å²) in [6.07, 6.45) is 4.08. The lowest BCUT2D eigenvalue weighted by atomic mass is 9.78. The molecule has 0 saturated carbocycles. The summed E-state index contributed by atoms with van der Waals surface area (Å²) in [7, 11) is 0. The van der Waals surface area contributed by atoms with Crippen LogP contribution in [0, 0.1) is 23.6 Å². The van der Waals surface area contributed by atoms with Gasteiger partial charge in [-0.2, -0.15) is 5.01 Å². The summed E-state index contributed by atoms with van der Waals surface area (Å²) in [4.78, 5) is 52.9. The Morgan fingerprint density at radius 2 is 1.70 bits per heavy atom. The van der Waals surface area contributed by atoms with Crippen molar-refractivity contribution in [2.45, 2.75) is 13.3 Å². The number of benzene rings is 2. The minimum atomic E-state index is -0.759. The van der Waals surface area contributed by atoms with E-state index in [1.807, 2.05) is 19.1 Å². The van der Waals surface area contributed by atoms with E-state index in [-0.39, 0.29) is 27.1 Å². The van der Waals surface area contributed by atoms with Crippen LogP contribution in [0.25, 0.3) is 0 Å². The summed E-state index contributed by atoms with van der Waals surface area (Å²) in [6, 6.07) is 8.91. The summed E-state index contributed by atoms with van der Waals surface area (Å²) >= 11 is 12.0. The molecule has 170 valence electrons. The van der Waals surface area contributed by atoms with E-state index in [0.717, 1.165) is 22.2 Å². The van der Waals surface area contributed by atoms with Gasteiger partial charge in [0.25, 0.3) is 17.7 Å². The normalized spacial score (nSPS) is 21.8. The molecule has 1 saturated heterocycles. The van der Waals surface area contributed by atoms with E-state index in [9.17, 15) is 23.6 Å². The Balaban J connectivity index is 1.72. The summed E-state index contributed by atoms with van der Waals surface area (Å²) in [5, 5.41) is 1.96. The largest absolute Gasteiger partial charge is 0.292 e. The predicted octanol–water partition coefficient (Wildman–Crippen LogP) is 4.57. The Morgan fingerprint density at radius 1 is 1.03 bits per heavy atom. The van der Waals surface area contributed by atoms with Gasteiger partial charge in [-0.05, 0) is 54.8 Å². The number of rotatable bonds is 5. The second kappa shape index (κ2) is 9.08. The number of fused-ring (bicyclic) bond motifs is 1. The fraction of sp³-hybridized carbons (Fsp3) is 0.250. The fourth-order valence-corrected chi connectivity index (χ4v) is 4.54. The lowest BCUT2D eigenvalue weighted by Crippen LogP contribution is -2.52. The standard InChI is InChI=1S/C24H19Cl2FN2O4/c1-13-3-2-4-17-21(13)24(33)29(23(17)32)28(12-20(30)14-5-8-16(27)9-6-14)22(31)15-7-10-18(25)19(26)11-15/h2-3,5-11,13,17,21H,4,12H2,1H3/t13-,17+,21-/m1/s1. The van der Waals surface area contributed by atoms with Crippen LogP contribution in [0.15, 0.2) is 54.6 Å². The van der Waals surface area contributed by atoms with Gasteiger partial charge in [-0.25, -0.2) is 9.40 Å². The first-order chi connectivity index (χ1) is 15.7. The van der Waals surface area contributed by atoms with Crippen molar-refractivity contribution in [1.82, 2.24) is 10.0 Å². The molecule has 1 aliphatic carbocycles. The Morgan fingerprint density at radius 3 is 2.33 bits per heavy atom. The molecule has 1 heterocycles. The number of hydrogen-bond acceptors (Lipinski definition) is 4. The molecule has 1 fully saturated rings. The zero-order valence-corrected chi connectivity index (χ0v) is 19.0. The maximum atomic E-state index is 13.4. The molecule has 0 aromatic heterocycles. The highest BCUT2D eigenvalue weighted by molar-refractivity contribution is 6.42. The molecular formula is C24H19Cl2FN2O4. The van der Waals surface area contributed by atoms with Gasteiger partial charge in [0.2, 0.25) is 0 Å². The first kappa shape index (κ1) is 23.1. The van der Waals surface area contributed by atoms with Gasteiger partial charge in [0.05, 0.1) is 21.9 Å². The van der Waals surface area contributed by atoms with Crippen molar-refractivity contribution in [2.75, 3.05) is 6.54 Å². The van der Waals surface area contributed by atoms with Gasteiger partial charge < -0.3 is 0 Å². The van der Waals surface area contributed by atoms with Crippen molar-refractivity contribution in [3.8, 4) is 0 Å². The molecule has 0 bridgehead atoms. The molecule has 1 aliphatic heterocycles. The maximum Gasteiger partial charge on any atom is 0.273 e. The number of imide groups is 1. The predicted molar refractivity (Wildman–Crippen MR) is 120 cm³/mol. The Kier molecular flexibility index (Phi) is 6.36. The summed E-state index contributed by atoms with van der Waals surface area (Å²) in [5.41, 5.74) is 0.188. The monoisotopic (exact) mass is 488 g/mol. The third kappa shape index (κ3) is 4.30. The Labute approximate surface area is 199 Å². The van der Waals surface area contributed by atoms with Crippen molar-refractivity contribution in [3.63, 3.8) is 0 Å². The summed E-state index contributed by atoms with van der Waals surface area (Å²) < 4.78 is 13.3. The van der Waals surface area contributed by atoms with Gasteiger partial charge in [0, 0.05) is 11.1 Å². The van der Waals surface area contributed by atoms with E-state index in [0.29, 0.717) is 6.42 Å². The van der Waals surface area contributed by atoms with Gasteiger partial charge in [-0.1, -0.05) is 42.3 Å². The van der Waals surface area contributed by atoms with Crippen LogP contribution in [0.5, 0.6) is 0 Å². The van der Waals surface area contributed by atoms with Crippen molar-refractivity contribution >= 4 is 46.7 Å². The molecular weight excluding hydrogens is 470 g/mol. The average Bonchev–Trinajstić information content (AvgIpc) is 3.05. The molecule has 6 nitrogen and oxygen atoms in total. The van der Waals surface area contributed by atoms with Crippen LogP contribution in [0.4, 0.5) is 4.39 Å². The average molecular weight is 489 g/mol. The highest BCUT2D eigenvalue weighted by Gasteiger charge is 2.53. The van der Waals surface area contributed by atoms with Gasteiger partial charge in [0.1, 0.15) is 12.4 Å². The zero-order valence-electron chi connectivity index (χ0n) is 17.5. The first-order valence-corrected chi connectivity index (χ1v) is 11.0. The number of nitrogens with zero attached hydrogens (tertiary/aromatic N) is 2. The first-order valence-electron chi connectivity index (χ1n) is 10.3. The lowest BCUT2D eigenvalue weighted by molar-refractivity contribution is -0.154. The minimum absolute atomic E-state index is 0.0537. The molecule has 4 rings (SSSR count). The number of amides is 3. The highest BCUT2D eigenvalue weighted by atomic mass is 35.5. The molecule has 9 heteroatoms. The Bertz CT molecular complexity index is 1180. The van der Waals surface area contributed by atoms with E-state index < -0.39 is 47.7 Å². The fourth-order valence-electron chi connectivity index (χ4n) is 4.24. The topological polar surface area (TPSA) is 74.8 Å². The van der Waals surface area contributed by atoms with Gasteiger partial charge in [-0.3, -0.25) is 19.2 Å². The number of carbonyl (C=O) groups is 4. The molecule has 0 spiro atoms. The van der Waals surface area contributed by atoms with Crippen LogP contribution in [0.2, 0.25) is 10.0 Å². The summed E-state index contributed by atoms with van der Waals surface area (Å²) in [5.74, 6) is -4.35. The van der Waals surface area contributed by atoms with E-state index in [2.05, 4.69) is 0 Å². The van der Waals surface area contributed by atoms with Crippen molar-refractivity contribution < 1.29 is 23.6 Å². The SMILES string of the molecule is C[C@@H]1C=CC[C@@H]2C(=O)N(N(CC(=O)c3ccc(F)cc3)C(=O)c3ccc(Cl)c(Cl)c3)C(=O)[C@H]12. The second-order valence-electron chi connectivity index (χ2n) is 8.07. The van der Waals surface area contributed by atoms with Crippen LogP contribution < -0.4 is 0 Å². The number of carbonyl (C=O) groups excluding carboxylic acids is 4. The third-order valence-corrected chi connectivity index (χ3v) is 6.69. The van der Waals surface area contributed by atoms with Gasteiger partial charge >= 0.3 is 0 Å². The minimum Gasteiger partial charge on any atom is -0.292 e. The van der Waals surface area contributed by atoms with Crippen LogP contribution in [0.1, 0.15) is 34.1 Å². The highest BCUT2D eigenvalue weighted by Crippen LogP contribution is 2.39. The number of Topliss-reactive ketones (excluding diaryl/α,β-unsaturated/α-hetero) is 1. The van der Waals surface area contributed by atoms with Crippen LogP contribution in [0.3, 0.4) is 0 Å². The van der Waals surface area contributed by atoms with Crippen LogP contribution in [-0.2, 0) is 9.59 Å². The molecule has 2 aromatic carbocycles. The molecule has 3 amide bonds. The van der Waals surface area contributed by atoms with Crippen molar-refractivity contribution in [2.24, 2.45) is 17.8 Å². The molecule has 3 atom stereocenters. The number of ketones is 1. The number of allylic oxidation sites excluding steroid dienone is 2. The summed E-state index contributed by atoms with van der Waals surface area (Å²) in [6.45, 7) is 1.24. The second-order valence-corrected chi connectivity index (χ2v) is 8.88. The van der Waals surface area contributed by atoms with Crippen molar-refractivity contribution in [1.29, 1.82) is 0 Å². The van der Waals surface area contributed by atoms with E-state index in [4.69, 9.17) is 23.2 Å². The number of hydrogen-bond donors (Lipinski definition) is 0. The van der Waals surface area contributed by atoms with Gasteiger partial charge in [-0.15, -0.1) is 0 Å². The zero-order chi connectivity index (χ0) is 23.9. The number of hydrazine groups is 1. The molecule has 33 heavy (non-hydrogen) atoms. The van der Waals surface area contributed by atoms with E-state index in [1.165, 1.54) is 30.3 Å². The van der Waals surface area contributed by atoms with Gasteiger partial charge in [0.15, 0.2) is 5.78 Å². The lowest BCUT2D eigenvalue weighted by Gasteiger charge is -2.30. The van der Waals surface area contributed by atoms with Crippen molar-refractivity contribution in [3.05, 3.63) is 81.6 Å². The Hall–Kier alpha value is -3.03.